The number of benzene rings is 1. The molecule has 1 aromatic carbocycles. The van der Waals surface area contributed by atoms with Crippen molar-refractivity contribution in [3.05, 3.63) is 30.3 Å². The van der Waals surface area contributed by atoms with Gasteiger partial charge in [-0.2, -0.15) is 0 Å². The second kappa shape index (κ2) is 7.72. The number of hydrogen-bond donors (Lipinski definition) is 0. The van der Waals surface area contributed by atoms with Crippen LogP contribution < -0.4 is 5.30 Å². The van der Waals surface area contributed by atoms with Gasteiger partial charge < -0.3 is 0 Å². The maximum absolute atomic E-state index is 6.43. The van der Waals surface area contributed by atoms with E-state index in [9.17, 15) is 0 Å². The minimum atomic E-state index is -4.82. The van der Waals surface area contributed by atoms with Gasteiger partial charge in [0.05, 0.1) is 0 Å². The summed E-state index contributed by atoms with van der Waals surface area (Å²) in [7, 11) is 0. The van der Waals surface area contributed by atoms with Crippen molar-refractivity contribution in [1.82, 2.24) is 4.67 Å². The average Bonchev–Trinajstić information content (AvgIpc) is 2.27. The van der Waals surface area contributed by atoms with Crippen LogP contribution in [0.25, 0.3) is 0 Å². The molecule has 0 aliphatic rings. The monoisotopic (exact) mass is 491 g/mol. The fourth-order valence-electron chi connectivity index (χ4n) is 1.35. The van der Waals surface area contributed by atoms with Crippen molar-refractivity contribution in [2.75, 3.05) is 13.1 Å². The molecule has 0 atom stereocenters. The Morgan fingerprint density at radius 2 is 1.19 bits per heavy atom. The van der Waals surface area contributed by atoms with Gasteiger partial charge in [0.15, 0.2) is 0 Å². The summed E-state index contributed by atoms with van der Waals surface area (Å²) >= 11 is 42.9. The van der Waals surface area contributed by atoms with Crippen LogP contribution in [0.15, 0.2) is 30.3 Å². The molecule has 0 spiro atoms. The molecular weight excluding hydrogens is 480 g/mol. The third-order valence-electron chi connectivity index (χ3n) is 2.15. The molecule has 0 fully saturated rings. The van der Waals surface area contributed by atoms with E-state index in [1.807, 2.05) is 30.3 Å². The molecule has 0 amide bonds. The second-order valence-electron chi connectivity index (χ2n) is 3.92. The first-order valence-corrected chi connectivity index (χ1v) is 17.4. The molecule has 1 nitrogen and oxygen atoms in total. The quantitative estimate of drug-likeness (QED) is 0.378. The van der Waals surface area contributed by atoms with Gasteiger partial charge in [0.1, 0.15) is 27.8 Å². The van der Waals surface area contributed by atoms with Crippen LogP contribution in [-0.4, -0.2) is 17.8 Å². The Kier molecular flexibility index (Phi) is 8.58. The molecule has 0 saturated heterocycles. The van der Waals surface area contributed by atoms with E-state index in [4.69, 9.17) is 89.9 Å². The molecule has 0 N–H and O–H groups in total. The van der Waals surface area contributed by atoms with Crippen LogP contribution in [0.1, 0.15) is 13.8 Å². The average molecular weight is 495 g/mol. The molecule has 1 aromatic rings. The van der Waals surface area contributed by atoms with Gasteiger partial charge in [0.2, 0.25) is 0 Å². The Labute approximate surface area is 164 Å². The van der Waals surface area contributed by atoms with Crippen LogP contribution in [0, 0.1) is 0 Å². The van der Waals surface area contributed by atoms with Gasteiger partial charge in [-0.25, -0.2) is 0 Å². The van der Waals surface area contributed by atoms with Gasteiger partial charge in [-0.05, 0) is 26.0 Å². The van der Waals surface area contributed by atoms with Crippen LogP contribution >= 0.6 is 98.1 Å². The van der Waals surface area contributed by atoms with E-state index in [0.29, 0.717) is 0 Å². The summed E-state index contributed by atoms with van der Waals surface area (Å²) in [5.74, 6) is 0. The number of rotatable bonds is 4. The fraction of sp³-hybridized carbons (Fsp3) is 0.400. The van der Waals surface area contributed by atoms with Crippen LogP contribution in [0.3, 0.4) is 0 Å². The van der Waals surface area contributed by atoms with Crippen molar-refractivity contribution in [3.8, 4) is 0 Å². The topological polar surface area (TPSA) is 3.24 Å². The molecular formula is C10H15Cl8NP2. The first kappa shape index (κ1) is 23.4. The van der Waals surface area contributed by atoms with Crippen LogP contribution in [0.5, 0.6) is 0 Å². The molecule has 11 heteroatoms. The van der Waals surface area contributed by atoms with Gasteiger partial charge >= 0.3 is 75.6 Å². The zero-order valence-corrected chi connectivity index (χ0v) is 19.0. The van der Waals surface area contributed by atoms with Crippen molar-refractivity contribution in [2.24, 2.45) is 0 Å². The van der Waals surface area contributed by atoms with E-state index in [1.165, 1.54) is 0 Å². The SMILES string of the molecule is CCN(CC)[P+](Cl)(Cl)c1ccccc1.Cl[P-](Cl)(Cl)(Cl)(Cl)Cl. The molecule has 126 valence electrons. The zero-order chi connectivity index (χ0) is 17.0. The minimum absolute atomic E-state index is 0.881. The normalized spacial score (nSPS) is 15.8. The van der Waals surface area contributed by atoms with Crippen molar-refractivity contribution >= 4 is 103 Å². The Morgan fingerprint density at radius 3 is 1.48 bits per heavy atom. The van der Waals surface area contributed by atoms with E-state index in [0.717, 1.165) is 18.4 Å². The molecule has 21 heavy (non-hydrogen) atoms. The summed E-state index contributed by atoms with van der Waals surface area (Å²) in [6, 6.07) is 9.90. The predicted molar refractivity (Wildman–Crippen MR) is 110 cm³/mol. The first-order valence-electron chi connectivity index (χ1n) is 5.73. The van der Waals surface area contributed by atoms with E-state index < -0.39 is 8.18 Å². The Balaban J connectivity index is 0.000000486. The zero-order valence-electron chi connectivity index (χ0n) is 11.2. The van der Waals surface area contributed by atoms with Crippen molar-refractivity contribution < 1.29 is 0 Å². The molecule has 0 unspecified atom stereocenters. The molecule has 0 aliphatic carbocycles. The summed E-state index contributed by atoms with van der Waals surface area (Å²) < 4.78 is -2.71. The van der Waals surface area contributed by atoms with Gasteiger partial charge in [0, 0.05) is 13.1 Å². The van der Waals surface area contributed by atoms with Gasteiger partial charge in [0.25, 0.3) is 0 Å². The number of nitrogens with zero attached hydrogens (tertiary/aromatic N) is 1. The van der Waals surface area contributed by atoms with Gasteiger partial charge in [-0.1, -0.05) is 18.2 Å². The summed E-state index contributed by atoms with van der Waals surface area (Å²) in [5, 5.41) is 1.03. The molecule has 1 rings (SSSR count). The van der Waals surface area contributed by atoms with Gasteiger partial charge in [-0.3, -0.25) is 0 Å². The van der Waals surface area contributed by atoms with Crippen molar-refractivity contribution in [3.63, 3.8) is 0 Å². The van der Waals surface area contributed by atoms with Crippen LogP contribution in [0.4, 0.5) is 0 Å². The molecule has 0 saturated carbocycles. The fourth-order valence-corrected chi connectivity index (χ4v) is 4.88. The first-order chi connectivity index (χ1) is 9.07. The maximum atomic E-state index is 6.43. The molecule has 0 aromatic heterocycles. The van der Waals surface area contributed by atoms with Crippen molar-refractivity contribution in [2.45, 2.75) is 13.8 Å². The van der Waals surface area contributed by atoms with E-state index in [1.54, 1.807) is 0 Å². The van der Waals surface area contributed by atoms with E-state index in [2.05, 4.69) is 18.5 Å². The molecule has 0 aliphatic heterocycles. The van der Waals surface area contributed by atoms with E-state index >= 15 is 0 Å². The summed E-state index contributed by atoms with van der Waals surface area (Å²) in [5.41, 5.74) is 0. The third kappa shape index (κ3) is 13.3. The third-order valence-corrected chi connectivity index (χ3v) is 6.80. The number of halogens is 8. The Hall–Kier alpha value is 2.36. The standard InChI is InChI=1S/C10H15Cl2NP.Cl6P/c1-3-13(4-2)14(11,12)10-8-6-5-7-9-10;1-7(2,3,4,5)6/h5-9H,3-4H2,1-2H3;/q+1;-1. The van der Waals surface area contributed by atoms with Crippen LogP contribution in [-0.2, 0) is 0 Å². The second-order valence-corrected chi connectivity index (χ2v) is 34.3. The predicted octanol–water partition coefficient (Wildman–Crippen LogP) is 8.89. The summed E-state index contributed by atoms with van der Waals surface area (Å²) in [4.78, 5) is 0. The Morgan fingerprint density at radius 1 is 0.857 bits per heavy atom. The van der Waals surface area contributed by atoms with E-state index in [-0.39, 0.29) is 0 Å². The van der Waals surface area contributed by atoms with Crippen LogP contribution in [0.2, 0.25) is 0 Å². The van der Waals surface area contributed by atoms with Gasteiger partial charge in [-0.15, -0.1) is 4.67 Å². The Bertz CT molecular complexity index is 429. The molecule has 0 bridgehead atoms. The molecule has 0 radical (unpaired) electrons. The summed E-state index contributed by atoms with van der Waals surface area (Å²) in [6.45, 7) is 5.91. The van der Waals surface area contributed by atoms with Crippen molar-refractivity contribution in [1.29, 1.82) is 0 Å². The summed E-state index contributed by atoms with van der Waals surface area (Å²) in [6.07, 6.45) is -2.13. The number of hydrogen-bond acceptors (Lipinski definition) is 1. The molecule has 0 heterocycles.